The maximum atomic E-state index is 11.3. The highest BCUT2D eigenvalue weighted by molar-refractivity contribution is 5.84. The highest BCUT2D eigenvalue weighted by Crippen LogP contribution is 2.05. The van der Waals surface area contributed by atoms with Crippen molar-refractivity contribution in [3.8, 4) is 0 Å². The van der Waals surface area contributed by atoms with E-state index >= 15 is 0 Å². The Labute approximate surface area is 67.1 Å². The maximum Gasteiger partial charge on any atom is 0.241 e. The highest BCUT2D eigenvalue weighted by atomic mass is 16.2. The van der Waals surface area contributed by atoms with Crippen LogP contribution < -0.4 is 5.32 Å². The normalized spacial score (nSPS) is 24.0. The van der Waals surface area contributed by atoms with Crippen molar-refractivity contribution in [3.63, 3.8) is 0 Å². The van der Waals surface area contributed by atoms with Gasteiger partial charge < -0.3 is 5.32 Å². The van der Waals surface area contributed by atoms with E-state index in [0.717, 1.165) is 6.54 Å². The molecule has 0 aromatic rings. The summed E-state index contributed by atoms with van der Waals surface area (Å²) in [6.45, 7) is 3.51. The molecule has 0 aromatic carbocycles. The van der Waals surface area contributed by atoms with Gasteiger partial charge in [0, 0.05) is 13.1 Å². The number of nitrogens with zero attached hydrogens (tertiary/aromatic N) is 1. The Morgan fingerprint density at radius 2 is 2.55 bits per heavy atom. The van der Waals surface area contributed by atoms with Crippen LogP contribution in [-0.4, -0.2) is 37.0 Å². The Balaban J connectivity index is 2.46. The topological polar surface area (TPSA) is 32.3 Å². The van der Waals surface area contributed by atoms with E-state index in [-0.39, 0.29) is 11.9 Å². The third-order valence-corrected chi connectivity index (χ3v) is 1.81. The molecule has 0 aliphatic carbocycles. The number of hydrogen-bond acceptors (Lipinski definition) is 2. The van der Waals surface area contributed by atoms with Gasteiger partial charge in [0.25, 0.3) is 0 Å². The van der Waals surface area contributed by atoms with E-state index in [1.165, 1.54) is 0 Å². The number of amides is 1. The molecule has 0 saturated heterocycles. The highest BCUT2D eigenvalue weighted by Gasteiger charge is 2.21. The molecule has 0 spiro atoms. The van der Waals surface area contributed by atoms with Crippen LogP contribution in [0.2, 0.25) is 0 Å². The fraction of sp³-hybridized carbons (Fsp3) is 0.625. The molecule has 3 nitrogen and oxygen atoms in total. The zero-order valence-corrected chi connectivity index (χ0v) is 7.00. The van der Waals surface area contributed by atoms with Gasteiger partial charge in [-0.15, -0.1) is 0 Å². The van der Waals surface area contributed by atoms with Gasteiger partial charge in [-0.1, -0.05) is 12.2 Å². The molecule has 0 radical (unpaired) electrons. The third-order valence-electron chi connectivity index (χ3n) is 1.81. The van der Waals surface area contributed by atoms with Crippen molar-refractivity contribution >= 4 is 5.91 Å². The summed E-state index contributed by atoms with van der Waals surface area (Å²) >= 11 is 0. The first-order valence-corrected chi connectivity index (χ1v) is 3.90. The van der Waals surface area contributed by atoms with Crippen LogP contribution >= 0.6 is 0 Å². The molecule has 3 heteroatoms. The van der Waals surface area contributed by atoms with Gasteiger partial charge in [0.15, 0.2) is 0 Å². The lowest BCUT2D eigenvalue weighted by Gasteiger charge is -2.17. The summed E-state index contributed by atoms with van der Waals surface area (Å²) in [5.74, 6) is 0.101. The first-order valence-electron chi connectivity index (χ1n) is 3.90. The Morgan fingerprint density at radius 1 is 1.82 bits per heavy atom. The number of carbonyl (C=O) groups is 1. The van der Waals surface area contributed by atoms with Crippen LogP contribution in [0.1, 0.15) is 6.92 Å². The van der Waals surface area contributed by atoms with Crippen LogP contribution in [0.5, 0.6) is 0 Å². The number of rotatable bonds is 2. The molecule has 1 amide bonds. The van der Waals surface area contributed by atoms with Crippen molar-refractivity contribution in [2.75, 3.05) is 20.1 Å². The molecule has 1 unspecified atom stereocenters. The van der Waals surface area contributed by atoms with Gasteiger partial charge >= 0.3 is 0 Å². The Kier molecular flexibility index (Phi) is 2.65. The summed E-state index contributed by atoms with van der Waals surface area (Å²) < 4.78 is 0. The third kappa shape index (κ3) is 1.80. The van der Waals surface area contributed by atoms with Crippen LogP contribution in [0.4, 0.5) is 0 Å². The van der Waals surface area contributed by atoms with Crippen molar-refractivity contribution in [3.05, 3.63) is 12.2 Å². The molecule has 1 rings (SSSR count). The summed E-state index contributed by atoms with van der Waals surface area (Å²) in [7, 11) is 1.94. The monoisotopic (exact) mass is 154 g/mol. The van der Waals surface area contributed by atoms with E-state index in [1.807, 2.05) is 31.0 Å². The minimum absolute atomic E-state index is 0.0463. The molecule has 0 saturated carbocycles. The molecule has 0 fully saturated rings. The largest absolute Gasteiger partial charge is 0.355 e. The predicted octanol–water partition coefficient (Wildman–Crippen LogP) is -0.00730. The van der Waals surface area contributed by atoms with Gasteiger partial charge in [-0.3, -0.25) is 9.69 Å². The Hall–Kier alpha value is -0.830. The quantitative estimate of drug-likeness (QED) is 0.567. The number of hydrogen-bond donors (Lipinski definition) is 1. The average Bonchev–Trinajstić information content (AvgIpc) is 2.36. The van der Waals surface area contributed by atoms with Crippen molar-refractivity contribution in [2.45, 2.75) is 13.0 Å². The fourth-order valence-corrected chi connectivity index (χ4v) is 1.18. The number of likely N-dealkylation sites (N-methyl/N-ethyl adjacent to an activating group) is 2. The van der Waals surface area contributed by atoms with E-state index in [2.05, 4.69) is 5.32 Å². The summed E-state index contributed by atoms with van der Waals surface area (Å²) in [5, 5.41) is 2.79. The Bertz CT molecular complexity index is 177. The second kappa shape index (κ2) is 3.53. The smallest absolute Gasteiger partial charge is 0.241 e. The van der Waals surface area contributed by atoms with Crippen molar-refractivity contribution in [1.82, 2.24) is 10.2 Å². The van der Waals surface area contributed by atoms with E-state index in [9.17, 15) is 4.79 Å². The van der Waals surface area contributed by atoms with Crippen LogP contribution in [0.15, 0.2) is 12.2 Å². The zero-order chi connectivity index (χ0) is 8.27. The first-order chi connectivity index (χ1) is 5.25. The van der Waals surface area contributed by atoms with Gasteiger partial charge in [-0.05, 0) is 14.0 Å². The van der Waals surface area contributed by atoms with E-state index in [1.54, 1.807) is 0 Å². The number of carbonyl (C=O) groups excluding carboxylic acids is 1. The molecule has 62 valence electrons. The second-order valence-corrected chi connectivity index (χ2v) is 2.71. The first kappa shape index (κ1) is 8.27. The lowest BCUT2D eigenvalue weighted by Crippen LogP contribution is -2.41. The molecule has 1 N–H and O–H groups in total. The Morgan fingerprint density at radius 3 is 3.00 bits per heavy atom. The molecular formula is C8H14N2O. The molecular weight excluding hydrogens is 140 g/mol. The van der Waals surface area contributed by atoms with Gasteiger partial charge in [0.05, 0.1) is 0 Å². The van der Waals surface area contributed by atoms with Gasteiger partial charge in [-0.25, -0.2) is 0 Å². The summed E-state index contributed by atoms with van der Waals surface area (Å²) in [4.78, 5) is 13.3. The summed E-state index contributed by atoms with van der Waals surface area (Å²) in [6, 6.07) is -0.0463. The van der Waals surface area contributed by atoms with E-state index < -0.39 is 0 Å². The lowest BCUT2D eigenvalue weighted by atomic mass is 10.3. The minimum atomic E-state index is -0.0463. The van der Waals surface area contributed by atoms with Crippen molar-refractivity contribution in [2.24, 2.45) is 0 Å². The van der Waals surface area contributed by atoms with Crippen LogP contribution in [-0.2, 0) is 4.79 Å². The van der Waals surface area contributed by atoms with Gasteiger partial charge in [-0.2, -0.15) is 0 Å². The van der Waals surface area contributed by atoms with Crippen molar-refractivity contribution in [1.29, 1.82) is 0 Å². The summed E-state index contributed by atoms with van der Waals surface area (Å²) in [6.07, 6.45) is 3.95. The maximum absolute atomic E-state index is 11.3. The molecule has 11 heavy (non-hydrogen) atoms. The summed E-state index contributed by atoms with van der Waals surface area (Å²) in [5.41, 5.74) is 0. The second-order valence-electron chi connectivity index (χ2n) is 2.71. The van der Waals surface area contributed by atoms with Crippen LogP contribution in [0, 0.1) is 0 Å². The van der Waals surface area contributed by atoms with Crippen LogP contribution in [0.25, 0.3) is 0 Å². The van der Waals surface area contributed by atoms with Gasteiger partial charge in [0.2, 0.25) is 5.91 Å². The molecule has 1 heterocycles. The molecule has 1 aliphatic heterocycles. The van der Waals surface area contributed by atoms with E-state index in [0.29, 0.717) is 6.54 Å². The molecule has 0 bridgehead atoms. The average molecular weight is 154 g/mol. The van der Waals surface area contributed by atoms with E-state index in [4.69, 9.17) is 0 Å². The standard InChI is InChI=1S/C8H14N2O/c1-3-9-8(11)7-5-4-6-10(7)2/h4-5,7H,3,6H2,1-2H3,(H,9,11). The zero-order valence-electron chi connectivity index (χ0n) is 7.00. The number of nitrogens with one attached hydrogen (secondary N) is 1. The SMILES string of the molecule is CCNC(=O)C1C=CCN1C. The molecule has 1 atom stereocenters. The minimum Gasteiger partial charge on any atom is -0.355 e. The fourth-order valence-electron chi connectivity index (χ4n) is 1.18. The predicted molar refractivity (Wildman–Crippen MR) is 44.2 cm³/mol. The lowest BCUT2D eigenvalue weighted by molar-refractivity contribution is -0.123. The molecule has 1 aliphatic rings. The van der Waals surface area contributed by atoms with Gasteiger partial charge in [0.1, 0.15) is 6.04 Å². The van der Waals surface area contributed by atoms with Crippen LogP contribution in [0.3, 0.4) is 0 Å². The molecule has 0 aromatic heterocycles. The van der Waals surface area contributed by atoms with Crippen molar-refractivity contribution < 1.29 is 4.79 Å².